The van der Waals surface area contributed by atoms with Crippen LogP contribution in [0.15, 0.2) is 237 Å². The molecule has 3 fully saturated rings. The molecule has 17 nitrogen and oxygen atoms in total. The summed E-state index contributed by atoms with van der Waals surface area (Å²) in [5, 5.41) is 18.9. The lowest BCUT2D eigenvalue weighted by Crippen LogP contribution is -2.36. The Bertz CT molecular complexity index is 3840. The summed E-state index contributed by atoms with van der Waals surface area (Å²) in [5.41, 5.74) is 16.4. The normalized spacial score (nSPS) is 18.2. The van der Waals surface area contributed by atoms with Crippen LogP contribution >= 0.6 is 0 Å². The number of amides is 4. The van der Waals surface area contributed by atoms with Gasteiger partial charge in [-0.2, -0.15) is 0 Å². The van der Waals surface area contributed by atoms with Gasteiger partial charge in [0.2, 0.25) is 11.8 Å². The van der Waals surface area contributed by atoms with E-state index in [9.17, 15) is 29.1 Å². The second kappa shape index (κ2) is 31.5. The number of hydrogen-bond acceptors (Lipinski definition) is 12. The van der Waals surface area contributed by atoms with Crippen LogP contribution < -0.4 is 21.7 Å². The summed E-state index contributed by atoms with van der Waals surface area (Å²) < 4.78 is 10.9. The van der Waals surface area contributed by atoms with Gasteiger partial charge >= 0.3 is 18.2 Å². The van der Waals surface area contributed by atoms with Crippen molar-refractivity contribution in [3.8, 4) is 33.4 Å². The van der Waals surface area contributed by atoms with Crippen molar-refractivity contribution in [1.29, 1.82) is 0 Å². The van der Waals surface area contributed by atoms with E-state index < -0.39 is 29.2 Å². The van der Waals surface area contributed by atoms with E-state index in [2.05, 4.69) is 43.0 Å². The number of pyridine rings is 3. The van der Waals surface area contributed by atoms with E-state index >= 15 is 0 Å². The van der Waals surface area contributed by atoms with Crippen LogP contribution in [0.4, 0.5) is 26.7 Å². The fraction of sp³-hybridized carbons (Fsp3) is 0.263. The molecule has 6 atom stereocenters. The van der Waals surface area contributed by atoms with Crippen LogP contribution in [0.3, 0.4) is 0 Å². The van der Waals surface area contributed by atoms with Gasteiger partial charge < -0.3 is 46.1 Å². The van der Waals surface area contributed by atoms with E-state index in [1.54, 1.807) is 44.3 Å². The first-order chi connectivity index (χ1) is 44.7. The Hall–Kier alpha value is -10.5. The number of nitrogens with zero attached hydrogens (tertiary/aromatic N) is 5. The number of carbonyl (C=O) groups is 5. The van der Waals surface area contributed by atoms with Gasteiger partial charge in [0.1, 0.15) is 11.2 Å². The highest BCUT2D eigenvalue weighted by Crippen LogP contribution is 2.37. The molecule has 6 aromatic carbocycles. The van der Waals surface area contributed by atoms with E-state index in [1.165, 1.54) is 10.5 Å². The van der Waals surface area contributed by atoms with E-state index in [4.69, 9.17) is 15.2 Å². The number of rotatable bonds is 11. The van der Waals surface area contributed by atoms with E-state index in [0.29, 0.717) is 26.2 Å². The summed E-state index contributed by atoms with van der Waals surface area (Å²) in [6.07, 6.45) is 9.91. The molecule has 0 saturated carbocycles. The van der Waals surface area contributed by atoms with Gasteiger partial charge in [-0.15, -0.1) is 0 Å². The fourth-order valence-corrected chi connectivity index (χ4v) is 11.4. The van der Waals surface area contributed by atoms with Crippen LogP contribution in [0.1, 0.15) is 76.0 Å². The molecular formula is C76H81N9O8. The predicted octanol–water partition coefficient (Wildman–Crippen LogP) is 14.1. The highest BCUT2D eigenvalue weighted by molar-refractivity contribution is 5.95. The average molecular weight is 1250 g/mol. The number of nitrogen functional groups attached to an aromatic ring is 1. The molecule has 0 bridgehead atoms. The summed E-state index contributed by atoms with van der Waals surface area (Å²) in [6, 6.07) is 64.7. The number of nitrogens with one attached hydrogen (secondary N) is 3. The number of hydrogen-bond donors (Lipinski definition) is 5. The largest absolute Gasteiger partial charge is 0.481 e. The molecule has 4 amide bonds. The molecule has 93 heavy (non-hydrogen) atoms. The molecule has 17 heteroatoms. The minimum absolute atomic E-state index is 0.0598. The average Bonchev–Trinajstić information content (AvgIpc) is 1.71. The van der Waals surface area contributed by atoms with Gasteiger partial charge in [0.15, 0.2) is 0 Å². The zero-order chi connectivity index (χ0) is 65.9. The zero-order valence-corrected chi connectivity index (χ0v) is 53.3. The summed E-state index contributed by atoms with van der Waals surface area (Å²) in [7, 11) is 0. The molecule has 6 N–H and O–H groups in total. The molecule has 0 spiro atoms. The molecule has 0 aliphatic carbocycles. The van der Waals surface area contributed by atoms with E-state index in [-0.39, 0.29) is 54.0 Å². The number of anilines is 3. The van der Waals surface area contributed by atoms with Crippen molar-refractivity contribution in [2.24, 2.45) is 17.8 Å². The van der Waals surface area contributed by atoms with Crippen molar-refractivity contribution in [3.63, 3.8) is 0 Å². The van der Waals surface area contributed by atoms with Crippen LogP contribution in [0, 0.1) is 17.8 Å². The van der Waals surface area contributed by atoms with Gasteiger partial charge in [-0.1, -0.05) is 146 Å². The zero-order valence-electron chi connectivity index (χ0n) is 53.3. The summed E-state index contributed by atoms with van der Waals surface area (Å²) in [6.45, 7) is 13.8. The first kappa shape index (κ1) is 66.9. The summed E-state index contributed by atoms with van der Waals surface area (Å²) >= 11 is 0. The lowest BCUT2D eigenvalue weighted by atomic mass is 9.88. The van der Waals surface area contributed by atoms with Gasteiger partial charge in [0, 0.05) is 111 Å². The number of likely N-dealkylation sites (tertiary alicyclic amines) is 2. The number of carboxylic acids is 1. The number of benzene rings is 6. The van der Waals surface area contributed by atoms with Gasteiger partial charge in [0.25, 0.3) is 0 Å². The third-order valence-corrected chi connectivity index (χ3v) is 16.0. The smallest absolute Gasteiger partial charge is 0.410 e. The van der Waals surface area contributed by atoms with E-state index in [0.717, 1.165) is 68.1 Å². The van der Waals surface area contributed by atoms with Crippen molar-refractivity contribution in [2.75, 3.05) is 55.6 Å². The molecule has 0 radical (unpaired) electrons. The standard InChI is InChI=1S/C27H29N3O3.C22H21N3O.C16H21NO4.C11H10N2/c1-27(2,3)33-26(32)30-17-23(20-8-5-4-6-9-20)24(18-30)25(31)29-22-13-11-19(12-14-22)21-10-7-15-28-16-21;26-22(21-15-24-14-20(21)17-5-2-1-3-6-17)25-19-10-8-16(9-11-19)18-7-4-12-23-13-18;1-16(2,3)21-15(20)17-9-12(13(10-17)14(18)19)11-7-5-4-6-8-11;12-11-5-3-9(4-6-11)10-2-1-7-13-8-10/h4-16,23-24H,17-18H2,1-3H3,(H,29,31);1-13,20-21,24H,14-15H2,(H,25,26);4-8,12-13H,9-10H2,1-3H3,(H,18,19);1-8H,12H2/t23-,24+;20-,21+;12-,13+;/m000./s1. The van der Waals surface area contributed by atoms with Crippen LogP contribution in [0.5, 0.6) is 0 Å². The first-order valence-corrected chi connectivity index (χ1v) is 31.2. The Balaban J connectivity index is 0.000000153. The van der Waals surface area contributed by atoms with Crippen molar-refractivity contribution in [2.45, 2.75) is 70.5 Å². The molecule has 478 valence electrons. The highest BCUT2D eigenvalue weighted by atomic mass is 16.6. The minimum atomic E-state index is -0.880. The number of carboxylic acid groups (broad SMARTS) is 1. The third kappa shape index (κ3) is 19.3. The molecule has 3 aliphatic rings. The molecule has 12 rings (SSSR count). The molecule has 9 aromatic rings. The maximum absolute atomic E-state index is 13.3. The first-order valence-electron chi connectivity index (χ1n) is 31.2. The van der Waals surface area contributed by atoms with Gasteiger partial charge in [-0.3, -0.25) is 29.3 Å². The van der Waals surface area contributed by atoms with Crippen molar-refractivity contribution in [3.05, 3.63) is 254 Å². The second-order valence-corrected chi connectivity index (χ2v) is 25.1. The van der Waals surface area contributed by atoms with Gasteiger partial charge in [-0.25, -0.2) is 9.59 Å². The predicted molar refractivity (Wildman–Crippen MR) is 365 cm³/mol. The SMILES string of the molecule is CC(C)(C)OC(=O)N1C[C@@H](C(=O)Nc2ccc(-c3cccnc3)cc2)[C@H](c2ccccc2)C1.CC(C)(C)OC(=O)N1C[C@@H](C(=O)O)[C@H](c2ccccc2)C1.Nc1ccc(-c2cccnc2)cc1.O=C(Nc1ccc(-c2cccnc2)cc1)[C@@H]1CNC[C@H]1c1ccccc1. The Morgan fingerprint density at radius 2 is 0.785 bits per heavy atom. The minimum Gasteiger partial charge on any atom is -0.481 e. The molecule has 0 unspecified atom stereocenters. The van der Waals surface area contributed by atoms with Crippen molar-refractivity contribution >= 4 is 47.0 Å². The highest BCUT2D eigenvalue weighted by Gasteiger charge is 2.43. The molecule has 6 heterocycles. The lowest BCUT2D eigenvalue weighted by Gasteiger charge is -2.24. The summed E-state index contributed by atoms with van der Waals surface area (Å²) in [4.78, 5) is 77.9. The number of ether oxygens (including phenoxy) is 2. The van der Waals surface area contributed by atoms with Gasteiger partial charge in [0.05, 0.1) is 17.8 Å². The van der Waals surface area contributed by atoms with E-state index in [1.807, 2.05) is 227 Å². The Kier molecular flexibility index (Phi) is 22.6. The van der Waals surface area contributed by atoms with Crippen LogP contribution in [0.2, 0.25) is 0 Å². The van der Waals surface area contributed by atoms with Gasteiger partial charge in [-0.05, 0) is 146 Å². The number of aliphatic carboxylic acids is 1. The second-order valence-electron chi connectivity index (χ2n) is 25.1. The molecule has 3 aliphatic heterocycles. The maximum atomic E-state index is 13.3. The maximum Gasteiger partial charge on any atom is 0.410 e. The quantitative estimate of drug-likeness (QED) is 0.0760. The van der Waals surface area contributed by atoms with Crippen LogP contribution in [-0.4, -0.2) is 110 Å². The molecule has 3 aromatic heterocycles. The van der Waals surface area contributed by atoms with Crippen LogP contribution in [-0.2, 0) is 23.9 Å². The number of nitrogens with two attached hydrogens (primary N) is 1. The Labute approximate surface area is 544 Å². The molecular weight excluding hydrogens is 1170 g/mol. The fourth-order valence-electron chi connectivity index (χ4n) is 11.4. The van der Waals surface area contributed by atoms with Crippen molar-refractivity contribution in [1.82, 2.24) is 30.1 Å². The van der Waals surface area contributed by atoms with Crippen LogP contribution in [0.25, 0.3) is 33.4 Å². The monoisotopic (exact) mass is 1250 g/mol. The lowest BCUT2D eigenvalue weighted by molar-refractivity contribution is -0.141. The number of aromatic nitrogens is 3. The Morgan fingerprint density at radius 1 is 0.430 bits per heavy atom. The number of carbonyl (C=O) groups excluding carboxylic acids is 4. The van der Waals surface area contributed by atoms with Crippen molar-refractivity contribution < 1.29 is 38.6 Å². The summed E-state index contributed by atoms with van der Waals surface area (Å²) in [5.74, 6) is -2.04. The topological polar surface area (TPSA) is 231 Å². The Morgan fingerprint density at radius 3 is 1.15 bits per heavy atom. The molecule has 3 saturated heterocycles. The third-order valence-electron chi connectivity index (χ3n) is 16.0.